The smallest absolute Gasteiger partial charge is 0.279 e. The normalized spacial score (nSPS) is 11.5. The van der Waals surface area contributed by atoms with Gasteiger partial charge in [-0.3, -0.25) is 4.79 Å². The second-order valence-corrected chi connectivity index (χ2v) is 5.78. The molecule has 0 heterocycles. The predicted octanol–water partition coefficient (Wildman–Crippen LogP) is 1.37. The Morgan fingerprint density at radius 3 is 2.24 bits per heavy atom. The van der Waals surface area contributed by atoms with Gasteiger partial charge in [-0.2, -0.15) is 0 Å². The second-order valence-electron chi connectivity index (χ2n) is 5.78. The Kier molecular flexibility index (Phi) is 6.65. The molecule has 2 rings (SSSR count). The molecule has 0 aliphatic rings. The van der Waals surface area contributed by atoms with Crippen LogP contribution in [0, 0.1) is 0 Å². The molecule has 0 aliphatic heterocycles. The molecule has 1 atom stereocenters. The van der Waals surface area contributed by atoms with E-state index in [1.807, 2.05) is 49.5 Å². The summed E-state index contributed by atoms with van der Waals surface area (Å²) in [5.74, 6) is 2.11. The van der Waals surface area contributed by atoms with Crippen molar-refractivity contribution in [2.24, 2.45) is 0 Å². The van der Waals surface area contributed by atoms with E-state index in [1.54, 1.807) is 21.3 Å². The number of carbonyl (C=O) groups excluding carboxylic acids is 1. The van der Waals surface area contributed by atoms with Crippen molar-refractivity contribution in [3.05, 3.63) is 48.0 Å². The van der Waals surface area contributed by atoms with Gasteiger partial charge in [-0.25, -0.2) is 0 Å². The monoisotopic (exact) mass is 345 g/mol. The minimum atomic E-state index is -0.0388. The molecule has 1 unspecified atom stereocenters. The number of likely N-dealkylation sites (N-methyl/N-ethyl adjacent to an activating group) is 1. The number of ether oxygens (including phenoxy) is 3. The molecule has 0 aliphatic carbocycles. The number of hydrogen-bond acceptors (Lipinski definition) is 4. The van der Waals surface area contributed by atoms with Gasteiger partial charge < -0.3 is 24.4 Å². The van der Waals surface area contributed by atoms with Gasteiger partial charge in [0.05, 0.1) is 28.4 Å². The molecule has 25 heavy (non-hydrogen) atoms. The summed E-state index contributed by atoms with van der Waals surface area (Å²) in [4.78, 5) is 13.3. The summed E-state index contributed by atoms with van der Waals surface area (Å²) in [5.41, 5.74) is 1.83. The molecule has 6 heteroatoms. The first kappa shape index (κ1) is 18.6. The third kappa shape index (κ3) is 5.39. The molecule has 0 saturated heterocycles. The Labute approximate surface area is 148 Å². The Balaban J connectivity index is 1.90. The highest BCUT2D eigenvalue weighted by Gasteiger charge is 2.13. The summed E-state index contributed by atoms with van der Waals surface area (Å²) in [5, 5.41) is 2.89. The average molecular weight is 345 g/mol. The Hall–Kier alpha value is -2.73. The number of hydrogen-bond donors (Lipinski definition) is 2. The van der Waals surface area contributed by atoms with Gasteiger partial charge in [0.25, 0.3) is 5.91 Å². The zero-order chi connectivity index (χ0) is 18.2. The van der Waals surface area contributed by atoms with Crippen LogP contribution < -0.4 is 24.4 Å². The number of amides is 1. The van der Waals surface area contributed by atoms with E-state index < -0.39 is 0 Å². The van der Waals surface area contributed by atoms with Crippen LogP contribution >= 0.6 is 0 Å². The lowest BCUT2D eigenvalue weighted by molar-refractivity contribution is -0.885. The van der Waals surface area contributed by atoms with Gasteiger partial charge in [0.15, 0.2) is 18.0 Å². The summed E-state index contributed by atoms with van der Waals surface area (Å²) in [6.07, 6.45) is 0. The van der Waals surface area contributed by atoms with Crippen molar-refractivity contribution in [2.45, 2.75) is 6.54 Å². The van der Waals surface area contributed by atoms with E-state index in [9.17, 15) is 4.79 Å². The minimum Gasteiger partial charge on any atom is -0.497 e. The molecule has 1 amide bonds. The van der Waals surface area contributed by atoms with E-state index in [0.29, 0.717) is 24.6 Å². The molecule has 2 aromatic carbocycles. The molecule has 0 bridgehead atoms. The van der Waals surface area contributed by atoms with Crippen molar-refractivity contribution in [1.29, 1.82) is 0 Å². The lowest BCUT2D eigenvalue weighted by atomic mass is 10.2. The molecule has 0 spiro atoms. The van der Waals surface area contributed by atoms with Crippen LogP contribution in [-0.2, 0) is 11.3 Å². The number of anilines is 1. The maximum atomic E-state index is 12.2. The molecule has 0 radical (unpaired) electrons. The molecule has 2 aromatic rings. The van der Waals surface area contributed by atoms with E-state index in [2.05, 4.69) is 5.32 Å². The number of quaternary nitrogens is 1. The molecule has 0 fully saturated rings. The molecule has 2 N–H and O–H groups in total. The standard InChI is InChI=1S/C19H24N2O4/c1-21(12-14-5-10-17(24-3)18(11-14)25-4)13-19(22)20-15-6-8-16(23-2)9-7-15/h5-11H,12-13H2,1-4H3,(H,20,22)/p+1. The topological polar surface area (TPSA) is 61.2 Å². The van der Waals surface area contributed by atoms with Gasteiger partial charge in [0, 0.05) is 11.3 Å². The number of carbonyl (C=O) groups is 1. The maximum absolute atomic E-state index is 12.2. The van der Waals surface area contributed by atoms with E-state index >= 15 is 0 Å². The Morgan fingerprint density at radius 1 is 0.960 bits per heavy atom. The van der Waals surface area contributed by atoms with Gasteiger partial charge in [-0.05, 0) is 42.5 Å². The SMILES string of the molecule is COc1ccc(NC(=O)C[NH+](C)Cc2ccc(OC)c(OC)c2)cc1. The summed E-state index contributed by atoms with van der Waals surface area (Å²) < 4.78 is 15.7. The highest BCUT2D eigenvalue weighted by molar-refractivity contribution is 5.91. The summed E-state index contributed by atoms with van der Waals surface area (Å²) in [6, 6.07) is 13.1. The van der Waals surface area contributed by atoms with Crippen LogP contribution in [0.4, 0.5) is 5.69 Å². The van der Waals surface area contributed by atoms with Gasteiger partial charge in [-0.1, -0.05) is 0 Å². The minimum absolute atomic E-state index is 0.0388. The lowest BCUT2D eigenvalue weighted by Gasteiger charge is -2.15. The van der Waals surface area contributed by atoms with E-state index in [1.165, 1.54) is 0 Å². The molecular formula is C19H25N2O4+. The highest BCUT2D eigenvalue weighted by Crippen LogP contribution is 2.27. The number of methoxy groups -OCH3 is 3. The zero-order valence-electron chi connectivity index (χ0n) is 15.1. The van der Waals surface area contributed by atoms with Crippen LogP contribution in [0.3, 0.4) is 0 Å². The van der Waals surface area contributed by atoms with E-state index in [-0.39, 0.29) is 5.91 Å². The van der Waals surface area contributed by atoms with Crippen molar-refractivity contribution < 1.29 is 23.9 Å². The molecular weight excluding hydrogens is 320 g/mol. The molecule has 0 aromatic heterocycles. The Morgan fingerprint density at radius 2 is 1.64 bits per heavy atom. The van der Waals surface area contributed by atoms with E-state index in [4.69, 9.17) is 14.2 Å². The Bertz CT molecular complexity index is 701. The summed E-state index contributed by atoms with van der Waals surface area (Å²) in [7, 11) is 6.81. The van der Waals surface area contributed by atoms with E-state index in [0.717, 1.165) is 21.9 Å². The van der Waals surface area contributed by atoms with Crippen LogP contribution in [0.5, 0.6) is 17.2 Å². The average Bonchev–Trinajstić information content (AvgIpc) is 2.62. The first-order chi connectivity index (χ1) is 12.0. The van der Waals surface area contributed by atoms with Gasteiger partial charge >= 0.3 is 0 Å². The van der Waals surface area contributed by atoms with Crippen molar-refractivity contribution in [3.63, 3.8) is 0 Å². The molecule has 0 saturated carbocycles. The van der Waals surface area contributed by atoms with Crippen LogP contribution in [0.25, 0.3) is 0 Å². The van der Waals surface area contributed by atoms with Gasteiger partial charge in [-0.15, -0.1) is 0 Å². The summed E-state index contributed by atoms with van der Waals surface area (Å²) in [6.45, 7) is 1.07. The zero-order valence-corrected chi connectivity index (χ0v) is 15.1. The molecule has 134 valence electrons. The quantitative estimate of drug-likeness (QED) is 0.759. The fourth-order valence-electron chi connectivity index (χ4n) is 2.56. The van der Waals surface area contributed by atoms with Gasteiger partial charge in [0.1, 0.15) is 12.3 Å². The largest absolute Gasteiger partial charge is 0.497 e. The van der Waals surface area contributed by atoms with Crippen molar-refractivity contribution >= 4 is 11.6 Å². The van der Waals surface area contributed by atoms with Crippen molar-refractivity contribution in [3.8, 4) is 17.2 Å². The van der Waals surface area contributed by atoms with Gasteiger partial charge in [0.2, 0.25) is 0 Å². The number of benzene rings is 2. The first-order valence-electron chi connectivity index (χ1n) is 8.01. The number of rotatable bonds is 8. The maximum Gasteiger partial charge on any atom is 0.279 e. The van der Waals surface area contributed by atoms with Crippen LogP contribution in [0.15, 0.2) is 42.5 Å². The first-order valence-corrected chi connectivity index (χ1v) is 8.01. The third-order valence-corrected chi connectivity index (χ3v) is 3.79. The lowest BCUT2D eigenvalue weighted by Crippen LogP contribution is -3.08. The second kappa shape index (κ2) is 8.94. The third-order valence-electron chi connectivity index (χ3n) is 3.79. The van der Waals surface area contributed by atoms with Crippen LogP contribution in [0.2, 0.25) is 0 Å². The fourth-order valence-corrected chi connectivity index (χ4v) is 2.56. The summed E-state index contributed by atoms with van der Waals surface area (Å²) >= 11 is 0. The highest BCUT2D eigenvalue weighted by atomic mass is 16.5. The number of nitrogens with one attached hydrogen (secondary N) is 2. The molecule has 6 nitrogen and oxygen atoms in total. The van der Waals surface area contributed by atoms with Crippen LogP contribution in [0.1, 0.15) is 5.56 Å². The fraction of sp³-hybridized carbons (Fsp3) is 0.316. The van der Waals surface area contributed by atoms with Crippen molar-refractivity contribution in [2.75, 3.05) is 40.2 Å². The van der Waals surface area contributed by atoms with Crippen LogP contribution in [-0.4, -0.2) is 40.8 Å². The van der Waals surface area contributed by atoms with Crippen molar-refractivity contribution in [1.82, 2.24) is 0 Å². The predicted molar refractivity (Wildman–Crippen MR) is 96.6 cm³/mol.